The van der Waals surface area contributed by atoms with Gasteiger partial charge in [0.15, 0.2) is 0 Å². The highest BCUT2D eigenvalue weighted by molar-refractivity contribution is 7.94. The largest absolute Gasteiger partial charge is 0.481 e. The summed E-state index contributed by atoms with van der Waals surface area (Å²) in [5.41, 5.74) is 0.120. The van der Waals surface area contributed by atoms with E-state index in [0.29, 0.717) is 4.88 Å². The first-order valence-electron chi connectivity index (χ1n) is 5.56. The second-order valence-corrected chi connectivity index (χ2v) is 7.51. The number of anilines is 1. The molecule has 21 heavy (non-hydrogen) atoms. The van der Waals surface area contributed by atoms with Crippen molar-refractivity contribution in [2.45, 2.75) is 10.6 Å². The minimum absolute atomic E-state index is 0.0285. The molecule has 0 bridgehead atoms. The molecule has 9 heteroatoms. The lowest BCUT2D eigenvalue weighted by Crippen LogP contribution is -2.11. The molecule has 0 saturated heterocycles. The topological polar surface area (TPSA) is 83.5 Å². The second kappa shape index (κ2) is 6.00. The van der Waals surface area contributed by atoms with Gasteiger partial charge < -0.3 is 5.11 Å². The van der Waals surface area contributed by atoms with Gasteiger partial charge in [-0.1, -0.05) is 11.6 Å². The van der Waals surface area contributed by atoms with Gasteiger partial charge in [0.05, 0.1) is 17.1 Å². The van der Waals surface area contributed by atoms with Gasteiger partial charge in [-0.3, -0.25) is 9.52 Å². The molecule has 2 aromatic rings. The van der Waals surface area contributed by atoms with Gasteiger partial charge in [0, 0.05) is 4.88 Å². The minimum atomic E-state index is -3.86. The van der Waals surface area contributed by atoms with E-state index >= 15 is 0 Å². The van der Waals surface area contributed by atoms with Crippen molar-refractivity contribution in [3.8, 4) is 0 Å². The van der Waals surface area contributed by atoms with E-state index < -0.39 is 21.8 Å². The van der Waals surface area contributed by atoms with Crippen molar-refractivity contribution in [2.24, 2.45) is 0 Å². The average Bonchev–Trinajstić information content (AvgIpc) is 2.82. The lowest BCUT2D eigenvalue weighted by molar-refractivity contribution is -0.136. The highest BCUT2D eigenvalue weighted by Crippen LogP contribution is 2.26. The molecular formula is C12H9ClFNO4S2. The van der Waals surface area contributed by atoms with Gasteiger partial charge in [-0.15, -0.1) is 11.3 Å². The fourth-order valence-electron chi connectivity index (χ4n) is 1.51. The average molecular weight is 350 g/mol. The molecule has 2 N–H and O–H groups in total. The van der Waals surface area contributed by atoms with Crippen molar-refractivity contribution in [3.63, 3.8) is 0 Å². The fraction of sp³-hybridized carbons (Fsp3) is 0.0833. The van der Waals surface area contributed by atoms with Crippen LogP contribution in [0.5, 0.6) is 0 Å². The predicted molar refractivity (Wildman–Crippen MR) is 77.9 cm³/mol. The fourth-order valence-corrected chi connectivity index (χ4v) is 4.09. The molecule has 0 fully saturated rings. The summed E-state index contributed by atoms with van der Waals surface area (Å²) >= 11 is 6.43. The molecule has 112 valence electrons. The molecule has 0 atom stereocenters. The van der Waals surface area contributed by atoms with Gasteiger partial charge in [-0.05, 0) is 30.3 Å². The van der Waals surface area contributed by atoms with Crippen LogP contribution in [0.25, 0.3) is 0 Å². The molecule has 0 aliphatic carbocycles. The molecule has 0 aliphatic heterocycles. The van der Waals surface area contributed by atoms with Crippen LogP contribution in [0.15, 0.2) is 34.5 Å². The lowest BCUT2D eigenvalue weighted by atomic mass is 10.3. The SMILES string of the molecule is O=C(O)Cc1ccc(S(=O)(=O)Nc2ccc(F)c(Cl)c2)s1. The Morgan fingerprint density at radius 2 is 2.05 bits per heavy atom. The van der Waals surface area contributed by atoms with E-state index in [4.69, 9.17) is 16.7 Å². The number of rotatable bonds is 5. The number of hydrogen-bond donors (Lipinski definition) is 2. The number of carbonyl (C=O) groups is 1. The molecular weight excluding hydrogens is 341 g/mol. The summed E-state index contributed by atoms with van der Waals surface area (Å²) in [5, 5.41) is 8.46. The van der Waals surface area contributed by atoms with E-state index in [9.17, 15) is 17.6 Å². The number of sulfonamides is 1. The molecule has 1 heterocycles. The highest BCUT2D eigenvalue weighted by Gasteiger charge is 2.18. The summed E-state index contributed by atoms with van der Waals surface area (Å²) in [4.78, 5) is 11.0. The van der Waals surface area contributed by atoms with Gasteiger partial charge in [-0.2, -0.15) is 0 Å². The van der Waals surface area contributed by atoms with Crippen LogP contribution in [0.3, 0.4) is 0 Å². The van der Waals surface area contributed by atoms with Gasteiger partial charge in [0.1, 0.15) is 10.0 Å². The van der Waals surface area contributed by atoms with Crippen molar-refractivity contribution in [1.29, 1.82) is 0 Å². The maximum atomic E-state index is 13.0. The summed E-state index contributed by atoms with van der Waals surface area (Å²) in [6, 6.07) is 6.19. The Kier molecular flexibility index (Phi) is 4.50. The molecule has 0 spiro atoms. The standard InChI is InChI=1S/C12H9ClFNO4S2/c13-9-5-7(1-3-10(9)14)15-21(18,19)12-4-2-8(20-12)6-11(16)17/h1-5,15H,6H2,(H,16,17). The van der Waals surface area contributed by atoms with Crippen molar-refractivity contribution in [1.82, 2.24) is 0 Å². The van der Waals surface area contributed by atoms with E-state index in [1.54, 1.807) is 0 Å². The third kappa shape index (κ3) is 3.93. The monoisotopic (exact) mass is 349 g/mol. The first-order chi connectivity index (χ1) is 9.78. The second-order valence-electron chi connectivity index (χ2n) is 4.03. The van der Waals surface area contributed by atoms with Crippen LogP contribution >= 0.6 is 22.9 Å². The van der Waals surface area contributed by atoms with Crippen LogP contribution in [0.2, 0.25) is 5.02 Å². The molecule has 0 radical (unpaired) electrons. The maximum absolute atomic E-state index is 13.0. The van der Waals surface area contributed by atoms with Crippen LogP contribution < -0.4 is 4.72 Å². The van der Waals surface area contributed by atoms with E-state index in [-0.39, 0.29) is 21.3 Å². The lowest BCUT2D eigenvalue weighted by Gasteiger charge is -2.06. The third-order valence-electron chi connectivity index (χ3n) is 2.40. The van der Waals surface area contributed by atoms with Crippen LogP contribution in [0, 0.1) is 5.82 Å². The summed E-state index contributed by atoms with van der Waals surface area (Å²) in [6.45, 7) is 0. The number of carboxylic acid groups (broad SMARTS) is 1. The highest BCUT2D eigenvalue weighted by atomic mass is 35.5. The Labute approximate surface area is 129 Å². The van der Waals surface area contributed by atoms with Gasteiger partial charge in [0.2, 0.25) is 0 Å². The third-order valence-corrected chi connectivity index (χ3v) is 5.65. The van der Waals surface area contributed by atoms with Gasteiger partial charge in [-0.25, -0.2) is 12.8 Å². The first kappa shape index (κ1) is 15.7. The number of nitrogens with one attached hydrogen (secondary N) is 1. The van der Waals surface area contributed by atoms with Gasteiger partial charge in [0.25, 0.3) is 10.0 Å². The van der Waals surface area contributed by atoms with Crippen molar-refractivity contribution in [2.75, 3.05) is 4.72 Å². The van der Waals surface area contributed by atoms with Crippen LogP contribution in [-0.4, -0.2) is 19.5 Å². The summed E-state index contributed by atoms with van der Waals surface area (Å²) in [7, 11) is -3.86. The molecule has 0 aliphatic rings. The van der Waals surface area contributed by atoms with E-state index in [0.717, 1.165) is 23.5 Å². The summed E-state index contributed by atoms with van der Waals surface area (Å²) < 4.78 is 39.5. The quantitative estimate of drug-likeness (QED) is 0.869. The van der Waals surface area contributed by atoms with Crippen LogP contribution in [0.4, 0.5) is 10.1 Å². The molecule has 5 nitrogen and oxygen atoms in total. The molecule has 1 aromatic carbocycles. The zero-order valence-electron chi connectivity index (χ0n) is 10.3. The number of thiophene rings is 1. The zero-order chi connectivity index (χ0) is 15.6. The zero-order valence-corrected chi connectivity index (χ0v) is 12.7. The number of benzene rings is 1. The molecule has 0 unspecified atom stereocenters. The predicted octanol–water partition coefficient (Wildman–Crippen LogP) is 2.97. The molecule has 2 rings (SSSR count). The summed E-state index contributed by atoms with van der Waals surface area (Å²) in [6.07, 6.45) is -0.247. The number of halogens is 2. The Hall–Kier alpha value is -1.64. The van der Waals surface area contributed by atoms with Crippen LogP contribution in [-0.2, 0) is 21.2 Å². The summed E-state index contributed by atoms with van der Waals surface area (Å²) in [5.74, 6) is -1.70. The van der Waals surface area contributed by atoms with E-state index in [1.165, 1.54) is 18.2 Å². The maximum Gasteiger partial charge on any atom is 0.308 e. The van der Waals surface area contributed by atoms with E-state index in [2.05, 4.69) is 4.72 Å². The van der Waals surface area contributed by atoms with Crippen molar-refractivity contribution < 1.29 is 22.7 Å². The Morgan fingerprint density at radius 3 is 2.67 bits per heavy atom. The van der Waals surface area contributed by atoms with E-state index in [1.807, 2.05) is 0 Å². The van der Waals surface area contributed by atoms with Gasteiger partial charge >= 0.3 is 5.97 Å². The smallest absolute Gasteiger partial charge is 0.308 e. The molecule has 1 aromatic heterocycles. The Bertz CT molecular complexity index is 788. The Morgan fingerprint density at radius 1 is 1.33 bits per heavy atom. The number of hydrogen-bond acceptors (Lipinski definition) is 4. The number of aliphatic carboxylic acids is 1. The molecule has 0 saturated carbocycles. The minimum Gasteiger partial charge on any atom is -0.481 e. The van der Waals surface area contributed by atoms with Crippen LogP contribution in [0.1, 0.15) is 4.88 Å². The Balaban J connectivity index is 2.23. The first-order valence-corrected chi connectivity index (χ1v) is 8.24. The number of carboxylic acids is 1. The normalized spacial score (nSPS) is 11.3. The van der Waals surface area contributed by atoms with Crippen molar-refractivity contribution >= 4 is 44.6 Å². The molecule has 0 amide bonds. The van der Waals surface area contributed by atoms with Crippen molar-refractivity contribution in [3.05, 3.63) is 46.0 Å².